The van der Waals surface area contributed by atoms with Crippen LogP contribution in [0.5, 0.6) is 0 Å². The Morgan fingerprint density at radius 2 is 2.00 bits per heavy atom. The molecular formula is C11H14N2O2. The molecule has 0 saturated heterocycles. The van der Waals surface area contributed by atoms with Crippen molar-refractivity contribution in [2.45, 2.75) is 20.4 Å². The molecule has 0 radical (unpaired) electrons. The monoisotopic (exact) mass is 206 g/mol. The number of benzene rings is 1. The van der Waals surface area contributed by atoms with Crippen molar-refractivity contribution in [1.82, 2.24) is 0 Å². The van der Waals surface area contributed by atoms with Crippen molar-refractivity contribution in [3.05, 3.63) is 29.3 Å². The first kappa shape index (κ1) is 11.4. The topological polar surface area (TPSA) is 72.2 Å². The van der Waals surface area contributed by atoms with Crippen molar-refractivity contribution in [2.24, 2.45) is 5.73 Å². The highest BCUT2D eigenvalue weighted by atomic mass is 16.1. The average Bonchev–Trinajstić information content (AvgIpc) is 2.16. The third-order valence-corrected chi connectivity index (χ3v) is 2.02. The number of rotatable bonds is 3. The van der Waals surface area contributed by atoms with Crippen molar-refractivity contribution in [3.63, 3.8) is 0 Å². The Labute approximate surface area is 88.5 Å². The number of ketones is 1. The summed E-state index contributed by atoms with van der Waals surface area (Å²) >= 11 is 0. The van der Waals surface area contributed by atoms with Gasteiger partial charge in [0.25, 0.3) is 0 Å². The lowest BCUT2D eigenvalue weighted by atomic mass is 10.0. The maximum absolute atomic E-state index is 11.2. The molecule has 4 nitrogen and oxygen atoms in total. The smallest absolute Gasteiger partial charge is 0.221 e. The van der Waals surface area contributed by atoms with E-state index in [4.69, 9.17) is 5.73 Å². The van der Waals surface area contributed by atoms with Gasteiger partial charge in [0.2, 0.25) is 5.91 Å². The van der Waals surface area contributed by atoms with Crippen LogP contribution in [0.15, 0.2) is 18.2 Å². The van der Waals surface area contributed by atoms with Crippen molar-refractivity contribution in [3.8, 4) is 0 Å². The van der Waals surface area contributed by atoms with Crippen LogP contribution < -0.4 is 11.1 Å². The number of carbonyl (C=O) groups is 2. The van der Waals surface area contributed by atoms with E-state index in [1.807, 2.05) is 0 Å². The minimum atomic E-state index is -0.145. The van der Waals surface area contributed by atoms with Crippen LogP contribution in [0.2, 0.25) is 0 Å². The lowest BCUT2D eigenvalue weighted by Gasteiger charge is -2.08. The number of carbonyl (C=O) groups excluding carboxylic acids is 2. The van der Waals surface area contributed by atoms with Crippen LogP contribution in [-0.2, 0) is 11.3 Å². The Morgan fingerprint density at radius 3 is 2.47 bits per heavy atom. The zero-order valence-electron chi connectivity index (χ0n) is 8.83. The van der Waals surface area contributed by atoms with Crippen LogP contribution in [-0.4, -0.2) is 11.7 Å². The van der Waals surface area contributed by atoms with Crippen molar-refractivity contribution >= 4 is 17.4 Å². The van der Waals surface area contributed by atoms with Gasteiger partial charge in [0.05, 0.1) is 0 Å². The second-order valence-corrected chi connectivity index (χ2v) is 3.31. The minimum absolute atomic E-state index is 0.0233. The standard InChI is InChI=1S/C11H14N2O2/c1-7(14)11-4-3-10(13-8(2)15)5-9(11)6-12/h3-5H,6,12H2,1-2H3,(H,13,15). The molecule has 0 spiro atoms. The SMILES string of the molecule is CC(=O)Nc1ccc(C(C)=O)c(CN)c1. The predicted octanol–water partition coefficient (Wildman–Crippen LogP) is 1.31. The molecule has 0 heterocycles. The molecule has 1 aromatic carbocycles. The van der Waals surface area contributed by atoms with Crippen molar-refractivity contribution in [2.75, 3.05) is 5.32 Å². The number of nitrogens with two attached hydrogens (primary N) is 1. The third kappa shape index (κ3) is 2.89. The molecule has 0 aromatic heterocycles. The summed E-state index contributed by atoms with van der Waals surface area (Å²) in [4.78, 5) is 22.0. The second-order valence-electron chi connectivity index (χ2n) is 3.31. The Balaban J connectivity index is 3.07. The van der Waals surface area contributed by atoms with E-state index in [2.05, 4.69) is 5.32 Å². The van der Waals surface area contributed by atoms with Gasteiger partial charge in [-0.2, -0.15) is 0 Å². The second kappa shape index (κ2) is 4.70. The zero-order chi connectivity index (χ0) is 11.4. The number of hydrogen-bond acceptors (Lipinski definition) is 3. The van der Waals surface area contributed by atoms with Crippen LogP contribution in [0.4, 0.5) is 5.69 Å². The van der Waals surface area contributed by atoms with Crippen LogP contribution in [0.3, 0.4) is 0 Å². The molecule has 0 atom stereocenters. The van der Waals surface area contributed by atoms with Gasteiger partial charge in [0, 0.05) is 24.7 Å². The lowest BCUT2D eigenvalue weighted by molar-refractivity contribution is -0.114. The van der Waals surface area contributed by atoms with E-state index in [0.29, 0.717) is 11.3 Å². The fourth-order valence-corrected chi connectivity index (χ4v) is 1.39. The van der Waals surface area contributed by atoms with Gasteiger partial charge in [-0.25, -0.2) is 0 Å². The average molecular weight is 206 g/mol. The summed E-state index contributed by atoms with van der Waals surface area (Å²) in [5.74, 6) is -0.168. The fraction of sp³-hybridized carbons (Fsp3) is 0.273. The fourth-order valence-electron chi connectivity index (χ4n) is 1.39. The molecule has 0 aliphatic heterocycles. The molecule has 1 aromatic rings. The Kier molecular flexibility index (Phi) is 3.57. The first-order valence-electron chi connectivity index (χ1n) is 4.66. The minimum Gasteiger partial charge on any atom is -0.326 e. The van der Waals surface area contributed by atoms with Crippen LogP contribution >= 0.6 is 0 Å². The third-order valence-electron chi connectivity index (χ3n) is 2.02. The summed E-state index contributed by atoms with van der Waals surface area (Å²) in [6, 6.07) is 5.09. The maximum atomic E-state index is 11.2. The lowest BCUT2D eigenvalue weighted by Crippen LogP contribution is -2.09. The molecule has 1 rings (SSSR count). The van der Waals surface area contributed by atoms with Gasteiger partial charge in [-0.05, 0) is 30.7 Å². The van der Waals surface area contributed by atoms with E-state index in [-0.39, 0.29) is 18.2 Å². The summed E-state index contributed by atoms with van der Waals surface area (Å²) < 4.78 is 0. The van der Waals surface area contributed by atoms with E-state index in [1.165, 1.54) is 13.8 Å². The molecule has 1 amide bonds. The highest BCUT2D eigenvalue weighted by Crippen LogP contribution is 2.16. The van der Waals surface area contributed by atoms with Crippen LogP contribution in [0, 0.1) is 0 Å². The molecule has 3 N–H and O–H groups in total. The molecule has 0 fully saturated rings. The molecule has 0 saturated carbocycles. The number of anilines is 1. The predicted molar refractivity (Wildman–Crippen MR) is 58.6 cm³/mol. The van der Waals surface area contributed by atoms with Gasteiger partial charge in [0.15, 0.2) is 5.78 Å². The Bertz CT molecular complexity index is 400. The van der Waals surface area contributed by atoms with Gasteiger partial charge in [-0.15, -0.1) is 0 Å². The molecule has 15 heavy (non-hydrogen) atoms. The maximum Gasteiger partial charge on any atom is 0.221 e. The number of nitrogens with one attached hydrogen (secondary N) is 1. The van der Waals surface area contributed by atoms with Gasteiger partial charge in [0.1, 0.15) is 0 Å². The Morgan fingerprint density at radius 1 is 1.33 bits per heavy atom. The van der Waals surface area contributed by atoms with E-state index < -0.39 is 0 Å². The van der Waals surface area contributed by atoms with E-state index >= 15 is 0 Å². The largest absolute Gasteiger partial charge is 0.326 e. The molecular weight excluding hydrogens is 192 g/mol. The zero-order valence-corrected chi connectivity index (χ0v) is 8.83. The summed E-state index contributed by atoms with van der Waals surface area (Å²) in [7, 11) is 0. The summed E-state index contributed by atoms with van der Waals surface area (Å²) in [6.45, 7) is 3.20. The highest BCUT2D eigenvalue weighted by Gasteiger charge is 2.07. The summed E-state index contributed by atoms with van der Waals surface area (Å²) in [5, 5.41) is 2.64. The molecule has 0 aliphatic rings. The van der Waals surface area contributed by atoms with Crippen LogP contribution in [0.1, 0.15) is 29.8 Å². The van der Waals surface area contributed by atoms with Crippen molar-refractivity contribution < 1.29 is 9.59 Å². The molecule has 4 heteroatoms. The summed E-state index contributed by atoms with van der Waals surface area (Å²) in [6.07, 6.45) is 0. The van der Waals surface area contributed by atoms with Gasteiger partial charge < -0.3 is 11.1 Å². The molecule has 0 aliphatic carbocycles. The number of hydrogen-bond donors (Lipinski definition) is 2. The highest BCUT2D eigenvalue weighted by molar-refractivity contribution is 5.96. The van der Waals surface area contributed by atoms with Gasteiger partial charge >= 0.3 is 0 Å². The Hall–Kier alpha value is -1.68. The first-order chi connectivity index (χ1) is 7.04. The number of amides is 1. The van der Waals surface area contributed by atoms with E-state index in [9.17, 15) is 9.59 Å². The van der Waals surface area contributed by atoms with E-state index in [0.717, 1.165) is 5.56 Å². The normalized spacial score (nSPS) is 9.80. The summed E-state index contributed by atoms with van der Waals surface area (Å²) in [5.41, 5.74) is 7.53. The quantitative estimate of drug-likeness (QED) is 0.732. The number of Topliss-reactive ketones (excluding diaryl/α,β-unsaturated/α-hetero) is 1. The van der Waals surface area contributed by atoms with Crippen LogP contribution in [0.25, 0.3) is 0 Å². The van der Waals surface area contributed by atoms with Gasteiger partial charge in [-0.3, -0.25) is 9.59 Å². The molecule has 0 unspecified atom stereocenters. The van der Waals surface area contributed by atoms with E-state index in [1.54, 1.807) is 18.2 Å². The molecule has 80 valence electrons. The van der Waals surface area contributed by atoms with Crippen molar-refractivity contribution in [1.29, 1.82) is 0 Å². The first-order valence-corrected chi connectivity index (χ1v) is 4.66. The van der Waals surface area contributed by atoms with Gasteiger partial charge in [-0.1, -0.05) is 0 Å². The molecule has 0 bridgehead atoms.